The molecule has 0 unspecified atom stereocenters. The van der Waals surface area contributed by atoms with Crippen LogP contribution in [0.5, 0.6) is 5.75 Å². The topological polar surface area (TPSA) is 51.7 Å². The summed E-state index contributed by atoms with van der Waals surface area (Å²) in [5, 5.41) is 8.63. The summed E-state index contributed by atoms with van der Waals surface area (Å²) in [6.45, 7) is 0. The Morgan fingerprint density at radius 1 is 1.00 bits per heavy atom. The van der Waals surface area contributed by atoms with Gasteiger partial charge in [-0.15, -0.1) is 0 Å². The fraction of sp³-hybridized carbons (Fsp3) is 0. The summed E-state index contributed by atoms with van der Waals surface area (Å²) >= 11 is 0. The van der Waals surface area contributed by atoms with Gasteiger partial charge in [0.05, 0.1) is 0 Å². The average Bonchev–Trinajstić information content (AvgIpc) is 1.69. The van der Waals surface area contributed by atoms with E-state index in [-0.39, 0.29) is 51.0 Å². The predicted octanol–water partition coefficient (Wildman–Crippen LogP) is -0.349. The van der Waals surface area contributed by atoms with Gasteiger partial charge in [0.2, 0.25) is 0 Å². The molecule has 1 rings (SSSR count). The Morgan fingerprint density at radius 3 is 1.67 bits per heavy atom. The van der Waals surface area contributed by atoms with Gasteiger partial charge < -0.3 is 10.6 Å². The molecule has 0 atom stereocenters. The summed E-state index contributed by atoms with van der Waals surface area (Å²) < 4.78 is 0. The minimum atomic E-state index is 0. The Hall–Kier alpha value is 0.461. The molecule has 0 aliphatic rings. The molecule has 1 aromatic rings. The van der Waals surface area contributed by atoms with Gasteiger partial charge in [0, 0.05) is 0 Å². The van der Waals surface area contributed by atoms with Crippen molar-refractivity contribution < 1.29 is 10.6 Å². The first kappa shape index (κ1) is 12.2. The van der Waals surface area contributed by atoms with Crippen LogP contribution in [0.4, 0.5) is 0 Å². The monoisotopic (exact) mass is 202 g/mol. The molecule has 0 aliphatic heterocycles. The molecule has 0 fully saturated rings. The molecule has 0 saturated carbocycles. The van der Waals surface area contributed by atoms with Crippen LogP contribution in [0.15, 0.2) is 30.3 Å². The second-order valence-corrected chi connectivity index (χ2v) is 1.34. The number of rotatable bonds is 0. The van der Waals surface area contributed by atoms with Crippen LogP contribution in [-0.4, -0.2) is 56.1 Å². The Balaban J connectivity index is 0. The van der Waals surface area contributed by atoms with Gasteiger partial charge in [0.1, 0.15) is 5.75 Å². The van der Waals surface area contributed by atoms with E-state index in [0.29, 0.717) is 5.75 Å². The zero-order chi connectivity index (χ0) is 5.11. The van der Waals surface area contributed by atoms with Crippen LogP contribution in [0.25, 0.3) is 0 Å². The maximum atomic E-state index is 8.63. The van der Waals surface area contributed by atoms with Crippen molar-refractivity contribution in [2.75, 3.05) is 0 Å². The van der Waals surface area contributed by atoms with Crippen molar-refractivity contribution in [3.05, 3.63) is 30.3 Å². The average molecular weight is 202 g/mol. The Bertz CT molecular complexity index is 141. The van der Waals surface area contributed by atoms with E-state index < -0.39 is 0 Å². The second-order valence-electron chi connectivity index (χ2n) is 1.34. The molecule has 0 amide bonds. The number of phenolic OH excluding ortho intramolecular Hbond substituents is 1. The quantitative estimate of drug-likeness (QED) is 0.574. The molecule has 2 nitrogen and oxygen atoms in total. The molecule has 0 bridgehead atoms. The summed E-state index contributed by atoms with van der Waals surface area (Å²) in [5.41, 5.74) is 0. The molecule has 0 aromatic heterocycles. The number of benzene rings is 1. The molecular formula is C6H10O2Sr. The molecule has 0 heterocycles. The van der Waals surface area contributed by atoms with Crippen molar-refractivity contribution in [2.24, 2.45) is 0 Å². The third-order valence-electron chi connectivity index (χ3n) is 0.756. The van der Waals surface area contributed by atoms with Crippen LogP contribution in [0, 0.1) is 0 Å². The number of aromatic hydroxyl groups is 1. The Kier molecular flexibility index (Phi) is 8.89. The zero-order valence-corrected chi connectivity index (χ0v) is 4.33. The van der Waals surface area contributed by atoms with Gasteiger partial charge >= 0.3 is 45.5 Å². The molecule has 0 spiro atoms. The van der Waals surface area contributed by atoms with E-state index in [9.17, 15) is 0 Å². The van der Waals surface area contributed by atoms with E-state index in [1.165, 1.54) is 0 Å². The first-order chi connectivity index (χ1) is 3.39. The number of para-hydroxylation sites is 1. The van der Waals surface area contributed by atoms with E-state index in [0.717, 1.165) is 0 Å². The first-order valence-electron chi connectivity index (χ1n) is 2.13. The van der Waals surface area contributed by atoms with Crippen molar-refractivity contribution in [1.29, 1.82) is 0 Å². The summed E-state index contributed by atoms with van der Waals surface area (Å²) in [5.74, 6) is 0.322. The molecule has 3 N–H and O–H groups in total. The van der Waals surface area contributed by atoms with Gasteiger partial charge in [-0.25, -0.2) is 0 Å². The third kappa shape index (κ3) is 4.93. The SMILES string of the molecule is O.Oc1ccccc1.[SrH2]. The maximum absolute atomic E-state index is 8.63. The van der Waals surface area contributed by atoms with Crippen LogP contribution in [0.2, 0.25) is 0 Å². The molecule has 0 aliphatic carbocycles. The van der Waals surface area contributed by atoms with E-state index in [2.05, 4.69) is 0 Å². The van der Waals surface area contributed by atoms with E-state index in [1.54, 1.807) is 24.3 Å². The fourth-order valence-electron chi connectivity index (χ4n) is 0.428. The Morgan fingerprint density at radius 2 is 1.44 bits per heavy atom. The molecule has 0 radical (unpaired) electrons. The summed E-state index contributed by atoms with van der Waals surface area (Å²) in [7, 11) is 0. The van der Waals surface area contributed by atoms with Crippen molar-refractivity contribution in [3.63, 3.8) is 0 Å². The molecule has 0 saturated heterocycles. The first-order valence-corrected chi connectivity index (χ1v) is 2.13. The van der Waals surface area contributed by atoms with E-state index in [1.807, 2.05) is 6.07 Å². The van der Waals surface area contributed by atoms with Crippen molar-refractivity contribution >= 4 is 45.5 Å². The van der Waals surface area contributed by atoms with Crippen LogP contribution in [-0.2, 0) is 0 Å². The van der Waals surface area contributed by atoms with Crippen molar-refractivity contribution in [2.45, 2.75) is 0 Å². The van der Waals surface area contributed by atoms with E-state index >= 15 is 0 Å². The van der Waals surface area contributed by atoms with Gasteiger partial charge in [-0.1, -0.05) is 18.2 Å². The molecule has 3 heteroatoms. The van der Waals surface area contributed by atoms with Crippen molar-refractivity contribution in [3.8, 4) is 5.75 Å². The summed E-state index contributed by atoms with van der Waals surface area (Å²) in [4.78, 5) is 0. The van der Waals surface area contributed by atoms with Gasteiger partial charge in [0.15, 0.2) is 0 Å². The number of hydrogen-bond donors (Lipinski definition) is 1. The molecule has 9 heavy (non-hydrogen) atoms. The predicted molar refractivity (Wildman–Crippen MR) is 40.3 cm³/mol. The second kappa shape index (κ2) is 6.58. The fourth-order valence-corrected chi connectivity index (χ4v) is 0.428. The summed E-state index contributed by atoms with van der Waals surface area (Å²) in [6, 6.07) is 8.71. The van der Waals surface area contributed by atoms with Gasteiger partial charge in [-0.2, -0.15) is 0 Å². The number of hydrogen-bond acceptors (Lipinski definition) is 1. The standard InChI is InChI=1S/C6H6O.H2O.Sr.2H/c7-6-4-2-1-3-5-6;;;;/h1-5,7H;1H2;;;. The molecule has 48 valence electrons. The van der Waals surface area contributed by atoms with Gasteiger partial charge in [-0.05, 0) is 12.1 Å². The normalized spacial score (nSPS) is 6.67. The van der Waals surface area contributed by atoms with Gasteiger partial charge in [0.25, 0.3) is 0 Å². The van der Waals surface area contributed by atoms with Gasteiger partial charge in [-0.3, -0.25) is 0 Å². The van der Waals surface area contributed by atoms with Crippen LogP contribution in [0.1, 0.15) is 0 Å². The van der Waals surface area contributed by atoms with Crippen LogP contribution >= 0.6 is 0 Å². The Labute approximate surface area is 91.1 Å². The molecule has 1 aromatic carbocycles. The number of phenols is 1. The van der Waals surface area contributed by atoms with Crippen LogP contribution in [0.3, 0.4) is 0 Å². The van der Waals surface area contributed by atoms with Crippen LogP contribution < -0.4 is 0 Å². The van der Waals surface area contributed by atoms with Crippen molar-refractivity contribution in [1.82, 2.24) is 0 Å². The summed E-state index contributed by atoms with van der Waals surface area (Å²) in [6.07, 6.45) is 0. The minimum absolute atomic E-state index is 0. The zero-order valence-electron chi connectivity index (χ0n) is 4.33. The molecular weight excluding hydrogens is 192 g/mol. The van der Waals surface area contributed by atoms with E-state index in [4.69, 9.17) is 5.11 Å². The third-order valence-corrected chi connectivity index (χ3v) is 0.756.